The van der Waals surface area contributed by atoms with Crippen molar-refractivity contribution in [3.05, 3.63) is 64.7 Å². The van der Waals surface area contributed by atoms with Crippen LogP contribution in [0.25, 0.3) is 12.2 Å². The molecule has 1 aliphatic rings. The molecule has 0 saturated carbocycles. The van der Waals surface area contributed by atoms with E-state index >= 15 is 0 Å². The molecule has 1 amide bonds. The van der Waals surface area contributed by atoms with E-state index in [0.717, 1.165) is 30.5 Å². The van der Waals surface area contributed by atoms with E-state index in [1.165, 1.54) is 18.1 Å². The molecule has 0 aromatic heterocycles. The topological polar surface area (TPSA) is 46.6 Å². The third-order valence-electron chi connectivity index (χ3n) is 5.03. The van der Waals surface area contributed by atoms with E-state index < -0.39 is 0 Å². The van der Waals surface area contributed by atoms with Gasteiger partial charge in [0.1, 0.15) is 5.75 Å². The monoisotopic (exact) mass is 363 g/mol. The van der Waals surface area contributed by atoms with E-state index in [9.17, 15) is 9.59 Å². The van der Waals surface area contributed by atoms with Crippen molar-refractivity contribution in [1.82, 2.24) is 4.90 Å². The fraction of sp³-hybridized carbons (Fsp3) is 0.304. The van der Waals surface area contributed by atoms with Crippen LogP contribution in [0.1, 0.15) is 54.9 Å². The van der Waals surface area contributed by atoms with Gasteiger partial charge < -0.3 is 9.64 Å². The Balaban J connectivity index is 1.95. The number of carbonyl (C=O) groups is 2. The van der Waals surface area contributed by atoms with Crippen molar-refractivity contribution < 1.29 is 14.3 Å². The third kappa shape index (κ3) is 4.45. The molecule has 2 aromatic rings. The first kappa shape index (κ1) is 18.9. The van der Waals surface area contributed by atoms with Crippen molar-refractivity contribution in [2.24, 2.45) is 0 Å². The van der Waals surface area contributed by atoms with Crippen LogP contribution in [0.3, 0.4) is 0 Å². The lowest BCUT2D eigenvalue weighted by Gasteiger charge is -2.22. The van der Waals surface area contributed by atoms with E-state index in [0.29, 0.717) is 5.75 Å². The van der Waals surface area contributed by atoms with Crippen molar-refractivity contribution in [3.63, 3.8) is 0 Å². The van der Waals surface area contributed by atoms with Crippen LogP contribution < -0.4 is 4.74 Å². The van der Waals surface area contributed by atoms with Crippen LogP contribution in [0.4, 0.5) is 0 Å². The van der Waals surface area contributed by atoms with Crippen LogP contribution in [-0.2, 0) is 9.59 Å². The Morgan fingerprint density at radius 2 is 1.70 bits per heavy atom. The predicted molar refractivity (Wildman–Crippen MR) is 108 cm³/mol. The van der Waals surface area contributed by atoms with E-state index in [-0.39, 0.29) is 17.8 Å². The second-order valence-corrected chi connectivity index (χ2v) is 6.98. The van der Waals surface area contributed by atoms with Gasteiger partial charge in [-0.05, 0) is 47.2 Å². The van der Waals surface area contributed by atoms with Gasteiger partial charge >= 0.3 is 5.97 Å². The van der Waals surface area contributed by atoms with Crippen molar-refractivity contribution in [2.45, 2.75) is 32.6 Å². The summed E-state index contributed by atoms with van der Waals surface area (Å²) in [5, 5.41) is 0. The fourth-order valence-corrected chi connectivity index (χ4v) is 3.56. The van der Waals surface area contributed by atoms with Crippen LogP contribution in [0.5, 0.6) is 5.75 Å². The zero-order valence-electron chi connectivity index (χ0n) is 16.1. The highest BCUT2D eigenvalue weighted by Gasteiger charge is 2.22. The SMILES string of the molecule is CC(=O)Oc1ccc2c(c1)C(CCCN(C)C(C)=O)c1ccccc1C=C2. The second-order valence-electron chi connectivity index (χ2n) is 6.98. The van der Waals surface area contributed by atoms with Gasteiger partial charge in [0.25, 0.3) is 0 Å². The molecule has 140 valence electrons. The molecule has 1 aliphatic carbocycles. The third-order valence-corrected chi connectivity index (χ3v) is 5.03. The molecule has 0 spiro atoms. The standard InChI is InChI=1S/C23H25NO3/c1-16(25)24(3)14-6-9-22-21-8-5-4-7-18(21)10-11-19-12-13-20(15-23(19)22)27-17(2)26/h4-5,7-8,10-13,15,22H,6,9,14H2,1-3H3. The van der Waals surface area contributed by atoms with Gasteiger partial charge in [0.05, 0.1) is 0 Å². The molecule has 1 atom stereocenters. The summed E-state index contributed by atoms with van der Waals surface area (Å²) in [6.45, 7) is 3.72. The summed E-state index contributed by atoms with van der Waals surface area (Å²) in [6.07, 6.45) is 6.06. The fourth-order valence-electron chi connectivity index (χ4n) is 3.56. The Morgan fingerprint density at radius 1 is 1.00 bits per heavy atom. The largest absolute Gasteiger partial charge is 0.427 e. The first-order chi connectivity index (χ1) is 13.0. The zero-order chi connectivity index (χ0) is 19.4. The number of benzene rings is 2. The van der Waals surface area contributed by atoms with Crippen LogP contribution in [-0.4, -0.2) is 30.4 Å². The molecular formula is C23H25NO3. The average Bonchev–Trinajstić information content (AvgIpc) is 2.78. The number of fused-ring (bicyclic) bond motifs is 2. The van der Waals surface area contributed by atoms with Crippen molar-refractivity contribution >= 4 is 24.0 Å². The summed E-state index contributed by atoms with van der Waals surface area (Å²) in [7, 11) is 1.83. The second kappa shape index (κ2) is 8.21. The minimum Gasteiger partial charge on any atom is -0.427 e. The Kier molecular flexibility index (Phi) is 5.75. The van der Waals surface area contributed by atoms with Crippen molar-refractivity contribution in [3.8, 4) is 5.75 Å². The van der Waals surface area contributed by atoms with E-state index in [1.54, 1.807) is 11.8 Å². The molecule has 0 heterocycles. The van der Waals surface area contributed by atoms with Gasteiger partial charge in [-0.15, -0.1) is 0 Å². The molecule has 0 radical (unpaired) electrons. The molecule has 4 nitrogen and oxygen atoms in total. The minimum absolute atomic E-state index is 0.0791. The maximum absolute atomic E-state index is 11.5. The molecule has 27 heavy (non-hydrogen) atoms. The van der Waals surface area contributed by atoms with Gasteiger partial charge in [0.15, 0.2) is 0 Å². The van der Waals surface area contributed by atoms with Gasteiger partial charge in [-0.3, -0.25) is 9.59 Å². The van der Waals surface area contributed by atoms with Crippen LogP contribution in [0.2, 0.25) is 0 Å². The van der Waals surface area contributed by atoms with E-state index in [1.807, 2.05) is 31.3 Å². The number of nitrogens with zero attached hydrogens (tertiary/aromatic N) is 1. The summed E-state index contributed by atoms with van der Waals surface area (Å²) in [4.78, 5) is 24.6. The number of esters is 1. The Morgan fingerprint density at radius 3 is 2.41 bits per heavy atom. The Bertz CT molecular complexity index is 885. The molecule has 0 N–H and O–H groups in total. The molecule has 0 saturated heterocycles. The van der Waals surface area contributed by atoms with Crippen LogP contribution >= 0.6 is 0 Å². The maximum atomic E-state index is 11.5. The highest BCUT2D eigenvalue weighted by Crippen LogP contribution is 2.39. The van der Waals surface area contributed by atoms with Gasteiger partial charge in [-0.1, -0.05) is 42.5 Å². The highest BCUT2D eigenvalue weighted by molar-refractivity contribution is 5.77. The number of hydrogen-bond donors (Lipinski definition) is 0. The molecule has 2 aromatic carbocycles. The lowest BCUT2D eigenvalue weighted by Crippen LogP contribution is -2.25. The highest BCUT2D eigenvalue weighted by atomic mass is 16.5. The molecule has 4 heteroatoms. The van der Waals surface area contributed by atoms with Crippen molar-refractivity contribution in [1.29, 1.82) is 0 Å². The van der Waals surface area contributed by atoms with Crippen molar-refractivity contribution in [2.75, 3.05) is 13.6 Å². The molecule has 0 aliphatic heterocycles. The molecular weight excluding hydrogens is 338 g/mol. The first-order valence-corrected chi connectivity index (χ1v) is 9.27. The predicted octanol–water partition coefficient (Wildman–Crippen LogP) is 4.49. The molecule has 0 bridgehead atoms. The average molecular weight is 363 g/mol. The van der Waals surface area contributed by atoms with Gasteiger partial charge in [-0.2, -0.15) is 0 Å². The minimum atomic E-state index is -0.320. The number of ether oxygens (including phenoxy) is 1. The molecule has 0 fully saturated rings. The van der Waals surface area contributed by atoms with Crippen LogP contribution in [0.15, 0.2) is 42.5 Å². The smallest absolute Gasteiger partial charge is 0.308 e. The Hall–Kier alpha value is -2.88. The summed E-state index contributed by atoms with van der Waals surface area (Å²) in [6, 6.07) is 14.2. The number of rotatable bonds is 5. The molecule has 1 unspecified atom stereocenters. The summed E-state index contributed by atoms with van der Waals surface area (Å²) in [5.41, 5.74) is 4.75. The Labute approximate surface area is 160 Å². The first-order valence-electron chi connectivity index (χ1n) is 9.27. The van der Waals surface area contributed by atoms with Gasteiger partial charge in [0, 0.05) is 33.4 Å². The quantitative estimate of drug-likeness (QED) is 0.581. The van der Waals surface area contributed by atoms with E-state index in [2.05, 4.69) is 30.4 Å². The van der Waals surface area contributed by atoms with Gasteiger partial charge in [0.2, 0.25) is 5.91 Å². The molecule has 3 rings (SSSR count). The normalized spacial score (nSPS) is 14.7. The van der Waals surface area contributed by atoms with Crippen LogP contribution in [0, 0.1) is 0 Å². The lowest BCUT2D eigenvalue weighted by atomic mass is 9.84. The number of carbonyl (C=O) groups excluding carboxylic acids is 2. The zero-order valence-corrected chi connectivity index (χ0v) is 16.1. The summed E-state index contributed by atoms with van der Waals surface area (Å²) >= 11 is 0. The number of amides is 1. The summed E-state index contributed by atoms with van der Waals surface area (Å²) in [5.74, 6) is 0.511. The summed E-state index contributed by atoms with van der Waals surface area (Å²) < 4.78 is 5.32. The lowest BCUT2D eigenvalue weighted by molar-refractivity contribution is -0.132. The number of hydrogen-bond acceptors (Lipinski definition) is 3. The van der Waals surface area contributed by atoms with E-state index in [4.69, 9.17) is 4.74 Å². The van der Waals surface area contributed by atoms with Gasteiger partial charge in [-0.25, -0.2) is 0 Å². The maximum Gasteiger partial charge on any atom is 0.308 e.